The number of rotatable bonds is 20. The molecule has 0 bridgehead atoms. The zero-order chi connectivity index (χ0) is 25.1. The molecule has 212 valence electrons. The molecule has 0 aliphatic heterocycles. The first-order valence-corrected chi connectivity index (χ1v) is 13.0. The lowest BCUT2D eigenvalue weighted by Gasteiger charge is -2.10. The van der Waals surface area contributed by atoms with Gasteiger partial charge in [0.15, 0.2) is 23.0 Å². The third kappa shape index (κ3) is 14.3. The van der Waals surface area contributed by atoms with E-state index in [-0.39, 0.29) is 34.0 Å². The average Bonchev–Trinajstić information content (AvgIpc) is 2.90. The fourth-order valence-electron chi connectivity index (χ4n) is 4.17. The Morgan fingerprint density at radius 1 is 0.459 bits per heavy atom. The molecule has 2 rings (SSSR count). The largest absolute Gasteiger partial charge is 0.493 e. The Kier molecular flexibility index (Phi) is 21.6. The van der Waals surface area contributed by atoms with Crippen LogP contribution >= 0.6 is 34.0 Å². The van der Waals surface area contributed by atoms with Crippen molar-refractivity contribution >= 4 is 34.0 Å². The second-order valence-corrected chi connectivity index (χ2v) is 8.85. The maximum Gasteiger partial charge on any atom is 0.160 e. The number of unbranched alkanes of at least 4 members (excludes halogenated alkanes) is 6. The van der Waals surface area contributed by atoms with Gasteiger partial charge in [-0.1, -0.05) is 44.2 Å². The molecule has 8 heteroatoms. The summed E-state index contributed by atoms with van der Waals surface area (Å²) in [6.07, 6.45) is 11.2. The number of methoxy groups -OCH3 is 4. The highest BCUT2D eigenvalue weighted by Gasteiger charge is 2.05. The molecule has 2 aromatic carbocycles. The maximum absolute atomic E-state index is 5.38. The van der Waals surface area contributed by atoms with Crippen LogP contribution in [0.25, 0.3) is 0 Å². The SMILES string of the molecule is Br.Br.COc1ccc(CCNCCCCCCCCCNCCc2ccc(OC)c(OC)c2)cc1OC. The van der Waals surface area contributed by atoms with Crippen molar-refractivity contribution in [2.24, 2.45) is 0 Å². The predicted molar refractivity (Wildman–Crippen MR) is 165 cm³/mol. The van der Waals surface area contributed by atoms with Crippen LogP contribution < -0.4 is 29.6 Å². The Labute approximate surface area is 245 Å². The van der Waals surface area contributed by atoms with Gasteiger partial charge >= 0.3 is 0 Å². The van der Waals surface area contributed by atoms with E-state index in [9.17, 15) is 0 Å². The van der Waals surface area contributed by atoms with Gasteiger partial charge in [0, 0.05) is 0 Å². The van der Waals surface area contributed by atoms with E-state index >= 15 is 0 Å². The summed E-state index contributed by atoms with van der Waals surface area (Å²) >= 11 is 0. The van der Waals surface area contributed by atoms with Crippen LogP contribution in [0.3, 0.4) is 0 Å². The van der Waals surface area contributed by atoms with Gasteiger partial charge < -0.3 is 29.6 Å². The van der Waals surface area contributed by atoms with E-state index < -0.39 is 0 Å². The normalized spacial score (nSPS) is 10.3. The number of hydrogen-bond acceptors (Lipinski definition) is 6. The number of benzene rings is 2. The van der Waals surface area contributed by atoms with E-state index in [1.165, 1.54) is 56.1 Å². The lowest BCUT2D eigenvalue weighted by molar-refractivity contribution is 0.354. The number of ether oxygens (including phenoxy) is 4. The molecule has 0 spiro atoms. The van der Waals surface area contributed by atoms with Gasteiger partial charge in [0.05, 0.1) is 28.4 Å². The monoisotopic (exact) mass is 646 g/mol. The van der Waals surface area contributed by atoms with Gasteiger partial charge in [-0.05, 0) is 87.3 Å². The Morgan fingerprint density at radius 2 is 0.811 bits per heavy atom. The van der Waals surface area contributed by atoms with Crippen LogP contribution in [-0.2, 0) is 12.8 Å². The van der Waals surface area contributed by atoms with E-state index in [4.69, 9.17) is 18.9 Å². The fourth-order valence-corrected chi connectivity index (χ4v) is 4.17. The Morgan fingerprint density at radius 3 is 1.16 bits per heavy atom. The fraction of sp³-hybridized carbons (Fsp3) is 0.586. The van der Waals surface area contributed by atoms with E-state index in [0.29, 0.717) is 0 Å². The minimum absolute atomic E-state index is 0. The van der Waals surface area contributed by atoms with Gasteiger partial charge in [-0.15, -0.1) is 34.0 Å². The highest BCUT2D eigenvalue weighted by atomic mass is 79.9. The van der Waals surface area contributed by atoms with Crippen molar-refractivity contribution < 1.29 is 18.9 Å². The van der Waals surface area contributed by atoms with Gasteiger partial charge in [-0.25, -0.2) is 0 Å². The molecule has 6 nitrogen and oxygen atoms in total. The van der Waals surface area contributed by atoms with Crippen LogP contribution in [0.1, 0.15) is 56.1 Å². The molecular weight excluding hydrogens is 600 g/mol. The molecule has 0 aliphatic carbocycles. The summed E-state index contributed by atoms with van der Waals surface area (Å²) in [6, 6.07) is 12.3. The lowest BCUT2D eigenvalue weighted by Crippen LogP contribution is -2.18. The van der Waals surface area contributed by atoms with Gasteiger partial charge in [0.1, 0.15) is 0 Å². The van der Waals surface area contributed by atoms with Crippen LogP contribution in [0.15, 0.2) is 36.4 Å². The second kappa shape index (κ2) is 22.5. The van der Waals surface area contributed by atoms with Crippen molar-refractivity contribution in [2.75, 3.05) is 54.6 Å². The molecule has 0 radical (unpaired) electrons. The number of nitrogens with one attached hydrogen (secondary N) is 2. The summed E-state index contributed by atoms with van der Waals surface area (Å²) in [5.41, 5.74) is 2.54. The van der Waals surface area contributed by atoms with Crippen molar-refractivity contribution in [3.63, 3.8) is 0 Å². The van der Waals surface area contributed by atoms with Gasteiger partial charge in [0.25, 0.3) is 0 Å². The first-order valence-electron chi connectivity index (χ1n) is 13.0. The van der Waals surface area contributed by atoms with Crippen molar-refractivity contribution in [2.45, 2.75) is 57.8 Å². The van der Waals surface area contributed by atoms with E-state index in [2.05, 4.69) is 34.9 Å². The molecule has 0 saturated heterocycles. The Balaban J connectivity index is 0.00000648. The van der Waals surface area contributed by atoms with Crippen LogP contribution in [0, 0.1) is 0 Å². The van der Waals surface area contributed by atoms with Crippen molar-refractivity contribution in [3.8, 4) is 23.0 Å². The summed E-state index contributed by atoms with van der Waals surface area (Å²) in [4.78, 5) is 0. The predicted octanol–water partition coefficient (Wildman–Crippen LogP) is 6.57. The zero-order valence-electron chi connectivity index (χ0n) is 23.1. The first kappa shape index (κ1) is 35.5. The summed E-state index contributed by atoms with van der Waals surface area (Å²) in [5.74, 6) is 3.17. The molecule has 37 heavy (non-hydrogen) atoms. The topological polar surface area (TPSA) is 61.0 Å². The van der Waals surface area contributed by atoms with E-state index in [1.54, 1.807) is 28.4 Å². The quantitative estimate of drug-likeness (QED) is 0.159. The molecule has 0 heterocycles. The molecular formula is C29H48Br2N2O4. The Bertz CT molecular complexity index is 772. The van der Waals surface area contributed by atoms with Crippen LogP contribution in [0.5, 0.6) is 23.0 Å². The van der Waals surface area contributed by atoms with Gasteiger partial charge in [0.2, 0.25) is 0 Å². The maximum atomic E-state index is 5.38. The first-order chi connectivity index (χ1) is 17.2. The smallest absolute Gasteiger partial charge is 0.160 e. The molecule has 2 N–H and O–H groups in total. The summed E-state index contributed by atoms with van der Waals surface area (Å²) in [7, 11) is 6.70. The third-order valence-electron chi connectivity index (χ3n) is 6.28. The molecule has 0 fully saturated rings. The highest BCUT2D eigenvalue weighted by Crippen LogP contribution is 2.28. The number of halogens is 2. The lowest BCUT2D eigenvalue weighted by atomic mass is 10.1. The standard InChI is InChI=1S/C29H46N2O4.2BrH/c1-32-26-14-12-24(22-28(26)34-3)16-20-30-18-10-8-6-5-7-9-11-19-31-21-17-25-13-15-27(33-2)29(23-25)35-4;;/h12-15,22-23,30-31H,5-11,16-21H2,1-4H3;2*1H. The van der Waals surface area contributed by atoms with E-state index in [0.717, 1.165) is 62.0 Å². The molecule has 0 saturated carbocycles. The molecule has 2 aromatic rings. The zero-order valence-corrected chi connectivity index (χ0v) is 26.5. The van der Waals surface area contributed by atoms with Crippen molar-refractivity contribution in [3.05, 3.63) is 47.5 Å². The molecule has 0 aliphatic rings. The van der Waals surface area contributed by atoms with Crippen LogP contribution in [0.4, 0.5) is 0 Å². The summed E-state index contributed by atoms with van der Waals surface area (Å²) < 4.78 is 21.3. The summed E-state index contributed by atoms with van der Waals surface area (Å²) in [6.45, 7) is 4.18. The molecule has 0 atom stereocenters. The van der Waals surface area contributed by atoms with Crippen molar-refractivity contribution in [1.29, 1.82) is 0 Å². The van der Waals surface area contributed by atoms with E-state index in [1.807, 2.05) is 12.1 Å². The summed E-state index contributed by atoms with van der Waals surface area (Å²) in [5, 5.41) is 7.12. The van der Waals surface area contributed by atoms with Crippen molar-refractivity contribution in [1.82, 2.24) is 10.6 Å². The minimum atomic E-state index is 0. The second-order valence-electron chi connectivity index (χ2n) is 8.85. The van der Waals surface area contributed by atoms with Gasteiger partial charge in [-0.2, -0.15) is 0 Å². The van der Waals surface area contributed by atoms with Crippen LogP contribution in [-0.4, -0.2) is 54.6 Å². The molecule has 0 amide bonds. The molecule has 0 unspecified atom stereocenters. The van der Waals surface area contributed by atoms with Gasteiger partial charge in [-0.3, -0.25) is 0 Å². The minimum Gasteiger partial charge on any atom is -0.493 e. The number of hydrogen-bond donors (Lipinski definition) is 2. The Hall–Kier alpha value is -1.48. The average molecular weight is 649 g/mol. The van der Waals surface area contributed by atoms with Crippen LogP contribution in [0.2, 0.25) is 0 Å². The third-order valence-corrected chi connectivity index (χ3v) is 6.28. The highest BCUT2D eigenvalue weighted by molar-refractivity contribution is 8.93. The molecule has 0 aromatic heterocycles.